The van der Waals surface area contributed by atoms with Crippen LogP contribution >= 0.6 is 0 Å². The average molecular weight is 270 g/mol. The fraction of sp³-hybridized carbons (Fsp3) is 0.583. The van der Waals surface area contributed by atoms with Gasteiger partial charge in [0, 0.05) is 6.20 Å². The molecule has 1 heterocycles. The van der Waals surface area contributed by atoms with E-state index >= 15 is 0 Å². The van der Waals surface area contributed by atoms with Gasteiger partial charge < -0.3 is 5.21 Å². The van der Waals surface area contributed by atoms with E-state index in [9.17, 15) is 13.6 Å². The molecule has 0 saturated heterocycles. The fourth-order valence-electron chi connectivity index (χ4n) is 2.48. The zero-order valence-electron chi connectivity index (χ0n) is 10.2. The molecule has 5 nitrogen and oxygen atoms in total. The smallest absolute Gasteiger partial charge is 0.182 e. The van der Waals surface area contributed by atoms with Crippen molar-refractivity contribution in [3.05, 3.63) is 23.8 Å². The number of aromatic nitrogens is 1. The second-order valence-corrected chi connectivity index (χ2v) is 6.85. The summed E-state index contributed by atoms with van der Waals surface area (Å²) < 4.78 is 25.0. The van der Waals surface area contributed by atoms with Crippen molar-refractivity contribution in [2.75, 3.05) is 5.75 Å². The van der Waals surface area contributed by atoms with Crippen LogP contribution in [0.3, 0.4) is 0 Å². The Bertz CT molecular complexity index is 571. The van der Waals surface area contributed by atoms with Crippen molar-refractivity contribution in [3.63, 3.8) is 0 Å². The van der Waals surface area contributed by atoms with Gasteiger partial charge in [-0.1, -0.05) is 19.3 Å². The van der Waals surface area contributed by atoms with Crippen molar-refractivity contribution >= 4 is 9.84 Å². The molecule has 100 valence electrons. The van der Waals surface area contributed by atoms with E-state index in [1.165, 1.54) is 24.8 Å². The quantitative estimate of drug-likeness (QED) is 0.818. The van der Waals surface area contributed by atoms with Gasteiger partial charge in [0.05, 0.1) is 5.75 Å². The van der Waals surface area contributed by atoms with Gasteiger partial charge in [-0.3, -0.25) is 5.41 Å². The van der Waals surface area contributed by atoms with Crippen molar-refractivity contribution in [1.82, 2.24) is 4.73 Å². The number of hydrogen-bond acceptors (Lipinski definition) is 4. The normalized spacial score (nSPS) is 17.8. The minimum Gasteiger partial charge on any atom is -0.427 e. The van der Waals surface area contributed by atoms with E-state index in [-0.39, 0.29) is 22.1 Å². The van der Waals surface area contributed by atoms with Crippen LogP contribution in [0, 0.1) is 11.3 Å². The molecule has 0 atom stereocenters. The van der Waals surface area contributed by atoms with E-state index in [2.05, 4.69) is 0 Å². The Morgan fingerprint density at radius 2 is 2.00 bits per heavy atom. The van der Waals surface area contributed by atoms with Crippen molar-refractivity contribution in [2.45, 2.75) is 37.0 Å². The Balaban J connectivity index is 2.25. The molecular weight excluding hydrogens is 252 g/mol. The van der Waals surface area contributed by atoms with Gasteiger partial charge in [0.2, 0.25) is 0 Å². The molecule has 0 aliphatic heterocycles. The lowest BCUT2D eigenvalue weighted by molar-refractivity contribution is 0.167. The van der Waals surface area contributed by atoms with E-state index < -0.39 is 9.84 Å². The molecule has 0 radical (unpaired) electrons. The minimum absolute atomic E-state index is 0.0851. The SMILES string of the molecule is N=c1c(S(=O)(=O)CC2CCCCC2)cccn1O. The highest BCUT2D eigenvalue weighted by molar-refractivity contribution is 7.91. The zero-order chi connectivity index (χ0) is 13.2. The summed E-state index contributed by atoms with van der Waals surface area (Å²) >= 11 is 0. The molecule has 2 N–H and O–H groups in total. The maximum absolute atomic E-state index is 12.2. The first-order valence-corrected chi connectivity index (χ1v) is 7.84. The van der Waals surface area contributed by atoms with Crippen LogP contribution in [0.1, 0.15) is 32.1 Å². The van der Waals surface area contributed by atoms with Gasteiger partial charge in [0.25, 0.3) is 0 Å². The monoisotopic (exact) mass is 270 g/mol. The summed E-state index contributed by atoms with van der Waals surface area (Å²) in [7, 11) is -3.48. The van der Waals surface area contributed by atoms with Crippen LogP contribution in [-0.4, -0.2) is 24.1 Å². The Morgan fingerprint density at radius 1 is 1.33 bits per heavy atom. The van der Waals surface area contributed by atoms with Gasteiger partial charge in [-0.25, -0.2) is 8.42 Å². The van der Waals surface area contributed by atoms with Crippen LogP contribution < -0.4 is 5.49 Å². The van der Waals surface area contributed by atoms with Crippen LogP contribution in [0.25, 0.3) is 0 Å². The maximum atomic E-state index is 12.2. The lowest BCUT2D eigenvalue weighted by Crippen LogP contribution is -2.28. The standard InChI is InChI=1S/C12H18N2O3S/c13-12-11(7-4-8-14(12)15)18(16,17)9-10-5-2-1-3-6-10/h4,7-8,10,13,15H,1-3,5-6,9H2. The molecule has 0 bridgehead atoms. The molecule has 1 fully saturated rings. The van der Waals surface area contributed by atoms with Crippen LogP contribution in [0.15, 0.2) is 23.2 Å². The highest BCUT2D eigenvalue weighted by atomic mass is 32.2. The first-order valence-electron chi connectivity index (χ1n) is 6.19. The van der Waals surface area contributed by atoms with Crippen molar-refractivity contribution < 1.29 is 13.6 Å². The molecule has 6 heteroatoms. The predicted octanol–water partition coefficient (Wildman–Crippen LogP) is 1.56. The van der Waals surface area contributed by atoms with Gasteiger partial charge in [-0.2, -0.15) is 4.73 Å². The first-order chi connectivity index (χ1) is 8.50. The summed E-state index contributed by atoms with van der Waals surface area (Å²) in [5.41, 5.74) is -0.367. The topological polar surface area (TPSA) is 83.2 Å². The fourth-order valence-corrected chi connectivity index (χ4v) is 4.29. The lowest BCUT2D eigenvalue weighted by atomic mass is 9.91. The van der Waals surface area contributed by atoms with Gasteiger partial charge >= 0.3 is 0 Å². The van der Waals surface area contributed by atoms with Crippen LogP contribution in [0.5, 0.6) is 0 Å². The predicted molar refractivity (Wildman–Crippen MR) is 66.1 cm³/mol. The summed E-state index contributed by atoms with van der Waals surface area (Å²) in [5.74, 6) is 0.276. The Morgan fingerprint density at radius 3 is 2.67 bits per heavy atom. The maximum Gasteiger partial charge on any atom is 0.182 e. The molecule has 1 aliphatic rings. The molecule has 0 unspecified atom stereocenters. The molecule has 0 spiro atoms. The number of pyridine rings is 1. The summed E-state index contributed by atoms with van der Waals surface area (Å²) in [4.78, 5) is -0.0851. The highest BCUT2D eigenvalue weighted by Crippen LogP contribution is 2.26. The molecule has 0 amide bonds. The van der Waals surface area contributed by atoms with Crippen LogP contribution in [-0.2, 0) is 9.84 Å². The molecule has 1 aromatic rings. The third-order valence-corrected chi connectivity index (χ3v) is 5.36. The molecular formula is C12H18N2O3S. The second kappa shape index (κ2) is 5.14. The summed E-state index contributed by atoms with van der Waals surface area (Å²) in [5, 5.41) is 16.9. The highest BCUT2D eigenvalue weighted by Gasteiger charge is 2.24. The average Bonchev–Trinajstić information content (AvgIpc) is 2.33. The molecule has 1 saturated carbocycles. The third-order valence-electron chi connectivity index (χ3n) is 3.45. The van der Waals surface area contributed by atoms with Gasteiger partial charge in [-0.15, -0.1) is 0 Å². The summed E-state index contributed by atoms with van der Waals surface area (Å²) in [6, 6.07) is 2.82. The number of sulfone groups is 1. The first kappa shape index (κ1) is 13.1. The number of hydrogen-bond donors (Lipinski definition) is 2. The van der Waals surface area contributed by atoms with E-state index in [4.69, 9.17) is 5.41 Å². The van der Waals surface area contributed by atoms with Crippen molar-refractivity contribution in [1.29, 1.82) is 5.41 Å². The van der Waals surface area contributed by atoms with E-state index in [1.54, 1.807) is 0 Å². The summed E-state index contributed by atoms with van der Waals surface area (Å²) in [6.45, 7) is 0. The lowest BCUT2D eigenvalue weighted by Gasteiger charge is -2.21. The molecule has 1 aliphatic carbocycles. The van der Waals surface area contributed by atoms with E-state index in [1.807, 2.05) is 0 Å². The number of nitrogens with zero attached hydrogens (tertiary/aromatic N) is 1. The minimum atomic E-state index is -3.48. The summed E-state index contributed by atoms with van der Waals surface area (Å²) in [6.07, 6.45) is 6.49. The molecule has 18 heavy (non-hydrogen) atoms. The van der Waals surface area contributed by atoms with Gasteiger partial charge in [0.15, 0.2) is 15.3 Å². The largest absolute Gasteiger partial charge is 0.427 e. The molecule has 2 rings (SSSR count). The second-order valence-electron chi connectivity index (χ2n) is 4.85. The Kier molecular flexibility index (Phi) is 3.75. The van der Waals surface area contributed by atoms with Crippen LogP contribution in [0.2, 0.25) is 0 Å². The van der Waals surface area contributed by atoms with Crippen LogP contribution in [0.4, 0.5) is 0 Å². The number of nitrogens with one attached hydrogen (secondary N) is 1. The van der Waals surface area contributed by atoms with E-state index in [0.29, 0.717) is 4.73 Å². The van der Waals surface area contributed by atoms with Crippen molar-refractivity contribution in [3.8, 4) is 0 Å². The third kappa shape index (κ3) is 2.75. The Hall–Kier alpha value is -1.30. The number of rotatable bonds is 3. The van der Waals surface area contributed by atoms with E-state index in [0.717, 1.165) is 25.7 Å². The molecule has 0 aromatic carbocycles. The van der Waals surface area contributed by atoms with Gasteiger partial charge in [0.1, 0.15) is 4.90 Å². The molecule has 1 aromatic heterocycles. The zero-order valence-corrected chi connectivity index (χ0v) is 11.0. The van der Waals surface area contributed by atoms with Crippen molar-refractivity contribution in [2.24, 2.45) is 5.92 Å². The van der Waals surface area contributed by atoms with Gasteiger partial charge in [-0.05, 0) is 30.9 Å². The Labute approximate surface area is 106 Å².